The summed E-state index contributed by atoms with van der Waals surface area (Å²) in [6.45, 7) is 3.56. The van der Waals surface area contributed by atoms with E-state index >= 15 is 0 Å². The Labute approximate surface area is 210 Å². The lowest BCUT2D eigenvalue weighted by Gasteiger charge is -2.35. The number of nitrogens with zero attached hydrogens (tertiary/aromatic N) is 2. The van der Waals surface area contributed by atoms with Gasteiger partial charge in [0, 0.05) is 47.3 Å². The molecule has 5 rings (SSSR count). The van der Waals surface area contributed by atoms with Crippen LogP contribution < -0.4 is 10.0 Å². The molecule has 0 saturated heterocycles. The third-order valence-corrected chi connectivity index (χ3v) is 7.10. The van der Waals surface area contributed by atoms with Gasteiger partial charge in [0.25, 0.3) is 0 Å². The second kappa shape index (κ2) is 8.12. The van der Waals surface area contributed by atoms with Gasteiger partial charge in [-0.25, -0.2) is 4.58 Å². The van der Waals surface area contributed by atoms with E-state index in [1.165, 1.54) is 0 Å². The van der Waals surface area contributed by atoms with Gasteiger partial charge in [0.1, 0.15) is 25.6 Å². The molecule has 0 fully saturated rings. The van der Waals surface area contributed by atoms with Crippen molar-refractivity contribution in [2.75, 3.05) is 33.1 Å². The number of hydrogen-bond acceptors (Lipinski definition) is 5. The van der Waals surface area contributed by atoms with Gasteiger partial charge in [-0.05, 0) is 30.9 Å². The van der Waals surface area contributed by atoms with Gasteiger partial charge in [-0.3, -0.25) is 4.79 Å². The molecular formula is C30H28N2O4. The van der Waals surface area contributed by atoms with Crippen molar-refractivity contribution in [2.24, 2.45) is 0 Å². The number of aromatic hydroxyl groups is 1. The summed E-state index contributed by atoms with van der Waals surface area (Å²) in [6.07, 6.45) is 0. The van der Waals surface area contributed by atoms with Crippen molar-refractivity contribution in [1.29, 1.82) is 0 Å². The summed E-state index contributed by atoms with van der Waals surface area (Å²) in [4.78, 5) is 15.6. The standard InChI is InChI=1S/C30H28N2O4/c1-15-25(31(3)4)19-13-9-7-11-17(19)21(27(15)33)23-29(35)24(30(23)36)22-18-12-8-10-14-20(18)26(32(5)6)16(2)28(22)34/h7-14H,1-6H3,(H2,33,34,35,36). The molecule has 3 aromatic rings. The fourth-order valence-electron chi connectivity index (χ4n) is 5.58. The Morgan fingerprint density at radius 1 is 0.833 bits per heavy atom. The van der Waals surface area contributed by atoms with E-state index in [0.717, 1.165) is 22.3 Å². The molecule has 6 heteroatoms. The minimum atomic E-state index is -0.477. The van der Waals surface area contributed by atoms with Crippen LogP contribution in [0.25, 0.3) is 21.9 Å². The molecule has 0 unspecified atom stereocenters. The molecule has 0 saturated carbocycles. The maximum Gasteiger partial charge on any atom is 0.214 e. The average molecular weight is 481 g/mol. The van der Waals surface area contributed by atoms with Crippen LogP contribution in [0, 0.1) is 6.92 Å². The summed E-state index contributed by atoms with van der Waals surface area (Å²) in [7, 11) is 7.56. The Morgan fingerprint density at radius 2 is 1.42 bits per heavy atom. The number of phenols is 1. The highest BCUT2D eigenvalue weighted by Gasteiger charge is 2.39. The lowest BCUT2D eigenvalue weighted by Crippen LogP contribution is -2.32. The van der Waals surface area contributed by atoms with Crippen LogP contribution in [0.1, 0.15) is 29.2 Å². The van der Waals surface area contributed by atoms with Crippen LogP contribution in [0.15, 0.2) is 71.2 Å². The van der Waals surface area contributed by atoms with E-state index in [-0.39, 0.29) is 33.8 Å². The number of benzene rings is 3. The van der Waals surface area contributed by atoms with Crippen molar-refractivity contribution in [3.63, 3.8) is 0 Å². The number of allylic oxidation sites excluding steroid dienone is 4. The molecular weight excluding hydrogens is 452 g/mol. The first-order chi connectivity index (χ1) is 17.1. The topological polar surface area (TPSA) is 86.8 Å². The summed E-state index contributed by atoms with van der Waals surface area (Å²) >= 11 is 0. The van der Waals surface area contributed by atoms with Crippen LogP contribution in [0.4, 0.5) is 5.69 Å². The normalized spacial score (nSPS) is 17.5. The summed E-state index contributed by atoms with van der Waals surface area (Å²) in [5.74, 6) is -1.12. The van der Waals surface area contributed by atoms with E-state index < -0.39 is 11.5 Å². The number of aliphatic hydroxyl groups excluding tert-OH is 1. The third-order valence-electron chi connectivity index (χ3n) is 7.10. The van der Waals surface area contributed by atoms with Crippen LogP contribution in [0.2, 0.25) is 0 Å². The highest BCUT2D eigenvalue weighted by Crippen LogP contribution is 2.50. The molecule has 182 valence electrons. The van der Waals surface area contributed by atoms with Gasteiger partial charge in [-0.1, -0.05) is 48.2 Å². The van der Waals surface area contributed by atoms with Crippen LogP contribution in [-0.4, -0.2) is 54.5 Å². The first kappa shape index (κ1) is 23.4. The zero-order chi connectivity index (χ0) is 26.0. The van der Waals surface area contributed by atoms with Gasteiger partial charge in [0.05, 0.1) is 16.8 Å². The highest BCUT2D eigenvalue weighted by molar-refractivity contribution is 6.44. The van der Waals surface area contributed by atoms with E-state index in [0.29, 0.717) is 22.1 Å². The van der Waals surface area contributed by atoms with Crippen molar-refractivity contribution < 1.29 is 24.7 Å². The fraction of sp³-hybridized carbons (Fsp3) is 0.200. The predicted octanol–water partition coefficient (Wildman–Crippen LogP) is 3.93. The van der Waals surface area contributed by atoms with Crippen LogP contribution in [0.3, 0.4) is 0 Å². The Morgan fingerprint density at radius 3 is 2.00 bits per heavy atom. The van der Waals surface area contributed by atoms with E-state index in [1.54, 1.807) is 13.8 Å². The Kier molecular flexibility index (Phi) is 5.29. The van der Waals surface area contributed by atoms with Gasteiger partial charge in [0.15, 0.2) is 5.78 Å². The first-order valence-corrected chi connectivity index (χ1v) is 11.7. The molecule has 0 aromatic heterocycles. The molecule has 6 nitrogen and oxygen atoms in total. The average Bonchev–Trinajstić information content (AvgIpc) is 2.84. The number of hydrogen-bond donors (Lipinski definition) is 2. The van der Waals surface area contributed by atoms with Crippen molar-refractivity contribution in [3.8, 4) is 5.75 Å². The van der Waals surface area contributed by atoms with Gasteiger partial charge >= 0.3 is 0 Å². The van der Waals surface area contributed by atoms with Gasteiger partial charge < -0.3 is 20.2 Å². The zero-order valence-corrected chi connectivity index (χ0v) is 21.2. The maximum absolute atomic E-state index is 13.7. The SMILES string of the molecule is CC1=C(O)/C(=C2/C(=O)C(c3c(O)c(C)c(N(C)C)c4ccccc34)=C2[O-])c2ccccc2C1=[N+](C)C. The van der Waals surface area contributed by atoms with Gasteiger partial charge in [0.2, 0.25) is 5.71 Å². The van der Waals surface area contributed by atoms with Crippen LogP contribution in [-0.2, 0) is 4.79 Å². The number of Topliss-reactive ketones (excluding diaryl/α,β-unsaturated/α-hetero) is 1. The Bertz CT molecular complexity index is 1630. The lowest BCUT2D eigenvalue weighted by molar-refractivity contribution is -0.463. The monoisotopic (exact) mass is 480 g/mol. The minimum Gasteiger partial charge on any atom is -0.871 e. The maximum atomic E-state index is 13.7. The fourth-order valence-corrected chi connectivity index (χ4v) is 5.58. The van der Waals surface area contributed by atoms with E-state index in [2.05, 4.69) is 0 Å². The number of anilines is 1. The molecule has 0 amide bonds. The van der Waals surface area contributed by atoms with E-state index in [9.17, 15) is 20.1 Å². The summed E-state index contributed by atoms with van der Waals surface area (Å²) < 4.78 is 1.91. The van der Waals surface area contributed by atoms with E-state index in [4.69, 9.17) is 0 Å². The second-order valence-electron chi connectivity index (χ2n) is 9.68. The largest absolute Gasteiger partial charge is 0.871 e. The van der Waals surface area contributed by atoms with Crippen molar-refractivity contribution >= 4 is 39.1 Å². The zero-order valence-electron chi connectivity index (χ0n) is 21.2. The van der Waals surface area contributed by atoms with Crippen LogP contribution in [0.5, 0.6) is 5.75 Å². The smallest absolute Gasteiger partial charge is 0.214 e. The number of rotatable bonds is 2. The number of carbonyl (C=O) groups is 1. The molecule has 0 radical (unpaired) electrons. The van der Waals surface area contributed by atoms with E-state index in [1.807, 2.05) is 86.2 Å². The van der Waals surface area contributed by atoms with Crippen LogP contribution >= 0.6 is 0 Å². The van der Waals surface area contributed by atoms with Crippen molar-refractivity contribution in [2.45, 2.75) is 13.8 Å². The highest BCUT2D eigenvalue weighted by atomic mass is 16.3. The Balaban J connectivity index is 1.84. The lowest BCUT2D eigenvalue weighted by atomic mass is 9.74. The third kappa shape index (κ3) is 3.04. The van der Waals surface area contributed by atoms with Crippen molar-refractivity contribution in [3.05, 3.63) is 93.4 Å². The molecule has 2 aliphatic rings. The molecule has 36 heavy (non-hydrogen) atoms. The predicted molar refractivity (Wildman–Crippen MR) is 142 cm³/mol. The Hall–Kier alpha value is -4.32. The van der Waals surface area contributed by atoms with Crippen molar-refractivity contribution in [1.82, 2.24) is 0 Å². The number of fused-ring (bicyclic) bond motifs is 2. The second-order valence-corrected chi connectivity index (χ2v) is 9.68. The molecule has 2 N–H and O–H groups in total. The molecule has 0 spiro atoms. The number of carbonyl (C=O) groups excluding carboxylic acids is 1. The first-order valence-electron chi connectivity index (χ1n) is 11.7. The molecule has 3 aromatic carbocycles. The molecule has 0 atom stereocenters. The number of aliphatic hydroxyl groups is 1. The molecule has 0 aliphatic heterocycles. The van der Waals surface area contributed by atoms with Gasteiger partial charge in [-0.2, -0.15) is 0 Å². The number of phenolic OH excluding ortho intramolecular Hbond substituents is 1. The minimum absolute atomic E-state index is 0.0510. The summed E-state index contributed by atoms with van der Waals surface area (Å²) in [5, 5.41) is 37.6. The quantitative estimate of drug-likeness (QED) is 0.429. The summed E-state index contributed by atoms with van der Waals surface area (Å²) in [5.41, 5.74) is 4.71. The number of ketones is 1. The van der Waals surface area contributed by atoms with Gasteiger partial charge in [-0.15, -0.1) is 0 Å². The molecule has 0 bridgehead atoms. The molecule has 0 heterocycles. The summed E-state index contributed by atoms with van der Waals surface area (Å²) in [6, 6.07) is 14.9. The molecule has 2 aliphatic carbocycles.